The Labute approximate surface area is 239 Å². The van der Waals surface area contributed by atoms with Crippen molar-refractivity contribution in [2.75, 3.05) is 10.8 Å². The smallest absolute Gasteiger partial charge is 0.373 e. The standard InChI is InChI=1S/C33H40BClNO3/c1-26-11-10-12-27(23-26)25-36(33(37)24-35)29-15-17-30(18-16-29)38-31-19-21-32(22-20-31)39-34-28-13-8-6-4-2-3-5-7-9-14-28/h10-12,15-23,28H,2-9,13-14,24-25H2,1H3. The van der Waals surface area contributed by atoms with Gasteiger partial charge in [0.15, 0.2) is 0 Å². The molecule has 3 aromatic carbocycles. The van der Waals surface area contributed by atoms with Crippen LogP contribution in [0, 0.1) is 6.92 Å². The van der Waals surface area contributed by atoms with Crippen LogP contribution >= 0.6 is 11.6 Å². The lowest BCUT2D eigenvalue weighted by atomic mass is 9.73. The van der Waals surface area contributed by atoms with Crippen LogP contribution in [0.2, 0.25) is 5.82 Å². The van der Waals surface area contributed by atoms with Crippen LogP contribution < -0.4 is 14.3 Å². The molecule has 0 bridgehead atoms. The molecule has 39 heavy (non-hydrogen) atoms. The lowest BCUT2D eigenvalue weighted by Gasteiger charge is -2.22. The van der Waals surface area contributed by atoms with E-state index in [0.717, 1.165) is 28.3 Å². The largest absolute Gasteiger partial charge is 0.563 e. The van der Waals surface area contributed by atoms with Crippen molar-refractivity contribution in [1.29, 1.82) is 0 Å². The molecule has 0 spiro atoms. The van der Waals surface area contributed by atoms with Gasteiger partial charge in [0.05, 0.1) is 12.3 Å². The highest BCUT2D eigenvalue weighted by atomic mass is 35.5. The van der Waals surface area contributed by atoms with E-state index in [-0.39, 0.29) is 11.8 Å². The fraction of sp³-hybridized carbons (Fsp3) is 0.424. The summed E-state index contributed by atoms with van der Waals surface area (Å²) in [5, 5.41) is 0. The molecule has 1 fully saturated rings. The highest BCUT2D eigenvalue weighted by Crippen LogP contribution is 2.29. The molecular weight excluding hydrogens is 505 g/mol. The van der Waals surface area contributed by atoms with Crippen LogP contribution in [0.15, 0.2) is 72.8 Å². The number of ether oxygens (including phenoxy) is 1. The molecule has 1 aliphatic carbocycles. The van der Waals surface area contributed by atoms with E-state index >= 15 is 0 Å². The minimum atomic E-state index is -0.139. The van der Waals surface area contributed by atoms with Gasteiger partial charge in [-0.2, -0.15) is 0 Å². The Kier molecular flexibility index (Phi) is 11.6. The minimum absolute atomic E-state index is 0.0728. The van der Waals surface area contributed by atoms with E-state index in [0.29, 0.717) is 18.1 Å². The van der Waals surface area contributed by atoms with Gasteiger partial charge in [0, 0.05) is 5.69 Å². The maximum atomic E-state index is 12.6. The number of amides is 1. The topological polar surface area (TPSA) is 38.8 Å². The van der Waals surface area contributed by atoms with Crippen LogP contribution in [-0.4, -0.2) is 19.3 Å². The second kappa shape index (κ2) is 15.6. The highest BCUT2D eigenvalue weighted by Gasteiger charge is 2.16. The Morgan fingerprint density at radius 1 is 0.821 bits per heavy atom. The molecule has 0 unspecified atom stereocenters. The third-order valence-electron chi connectivity index (χ3n) is 7.34. The first kappa shape index (κ1) is 29.1. The van der Waals surface area contributed by atoms with Gasteiger partial charge in [-0.05, 0) is 66.8 Å². The monoisotopic (exact) mass is 544 g/mol. The predicted octanol–water partition coefficient (Wildman–Crippen LogP) is 9.26. The van der Waals surface area contributed by atoms with E-state index in [9.17, 15) is 4.79 Å². The first-order valence-corrected chi connectivity index (χ1v) is 14.9. The summed E-state index contributed by atoms with van der Waals surface area (Å²) in [7, 11) is 2.05. The summed E-state index contributed by atoms with van der Waals surface area (Å²) in [6.45, 7) is 2.51. The summed E-state index contributed by atoms with van der Waals surface area (Å²) >= 11 is 5.92. The summed E-state index contributed by atoms with van der Waals surface area (Å²) in [5.41, 5.74) is 3.00. The number of hydrogen-bond donors (Lipinski definition) is 0. The second-order valence-electron chi connectivity index (χ2n) is 10.6. The predicted molar refractivity (Wildman–Crippen MR) is 162 cm³/mol. The second-order valence-corrected chi connectivity index (χ2v) is 10.9. The van der Waals surface area contributed by atoms with E-state index < -0.39 is 0 Å². The summed E-state index contributed by atoms with van der Waals surface area (Å²) in [6, 6.07) is 23.4. The number of benzene rings is 3. The van der Waals surface area contributed by atoms with Crippen LogP contribution in [0.3, 0.4) is 0 Å². The van der Waals surface area contributed by atoms with Crippen molar-refractivity contribution < 1.29 is 14.2 Å². The number of rotatable bonds is 9. The van der Waals surface area contributed by atoms with Crippen LogP contribution in [0.1, 0.15) is 75.3 Å². The van der Waals surface area contributed by atoms with Gasteiger partial charge in [-0.1, -0.05) is 94.0 Å². The van der Waals surface area contributed by atoms with E-state index in [4.69, 9.17) is 21.0 Å². The number of aryl methyl sites for hydroxylation is 1. The van der Waals surface area contributed by atoms with Crippen molar-refractivity contribution in [2.24, 2.45) is 0 Å². The van der Waals surface area contributed by atoms with Gasteiger partial charge in [-0.3, -0.25) is 4.79 Å². The fourth-order valence-electron chi connectivity index (χ4n) is 5.13. The Hall–Kier alpha value is -2.92. The Bertz CT molecular complexity index is 1140. The third kappa shape index (κ3) is 9.65. The summed E-state index contributed by atoms with van der Waals surface area (Å²) in [4.78, 5) is 14.3. The van der Waals surface area contributed by atoms with E-state index in [2.05, 4.69) is 13.5 Å². The number of carbonyl (C=O) groups excluding carboxylic acids is 1. The molecule has 0 heterocycles. The number of carbonyl (C=O) groups is 1. The molecule has 0 aliphatic heterocycles. The molecule has 3 aromatic rings. The number of alkyl halides is 1. The lowest BCUT2D eigenvalue weighted by Crippen LogP contribution is -2.31. The van der Waals surface area contributed by atoms with Gasteiger partial charge in [-0.15, -0.1) is 11.6 Å². The average Bonchev–Trinajstić information content (AvgIpc) is 3.02. The molecule has 0 aromatic heterocycles. The molecule has 1 saturated carbocycles. The zero-order valence-corrected chi connectivity index (χ0v) is 23.9. The molecule has 1 aliphatic rings. The SMILES string of the molecule is Cc1cccc(CN(C(=O)CCl)c2ccc(Oc3ccc(O[B]C4CCCCCCCCCC4)cc3)cc2)c1. The number of nitrogens with zero attached hydrogens (tertiary/aromatic N) is 1. The van der Waals surface area contributed by atoms with Crippen molar-refractivity contribution in [1.82, 2.24) is 0 Å². The first-order chi connectivity index (χ1) is 19.1. The molecule has 0 N–H and O–H groups in total. The van der Waals surface area contributed by atoms with Crippen LogP contribution in [0.4, 0.5) is 5.69 Å². The van der Waals surface area contributed by atoms with Gasteiger partial charge in [0.2, 0.25) is 5.91 Å². The maximum Gasteiger partial charge on any atom is 0.373 e. The van der Waals surface area contributed by atoms with Crippen molar-refractivity contribution in [3.8, 4) is 17.2 Å². The van der Waals surface area contributed by atoms with Crippen LogP contribution in [-0.2, 0) is 11.3 Å². The molecule has 4 nitrogen and oxygen atoms in total. The van der Waals surface area contributed by atoms with Crippen LogP contribution in [0.5, 0.6) is 17.2 Å². The lowest BCUT2D eigenvalue weighted by molar-refractivity contribution is -0.116. The van der Waals surface area contributed by atoms with Gasteiger partial charge < -0.3 is 14.3 Å². The van der Waals surface area contributed by atoms with Gasteiger partial charge in [0.25, 0.3) is 0 Å². The molecule has 1 radical (unpaired) electrons. The third-order valence-corrected chi connectivity index (χ3v) is 7.57. The zero-order valence-electron chi connectivity index (χ0n) is 23.1. The van der Waals surface area contributed by atoms with Crippen molar-refractivity contribution >= 4 is 30.7 Å². The quantitative estimate of drug-likeness (QED) is 0.199. The van der Waals surface area contributed by atoms with Gasteiger partial charge >= 0.3 is 7.48 Å². The van der Waals surface area contributed by atoms with Crippen LogP contribution in [0.25, 0.3) is 0 Å². The summed E-state index contributed by atoms with van der Waals surface area (Å²) in [6.07, 6.45) is 13.2. The van der Waals surface area contributed by atoms with Gasteiger partial charge in [0.1, 0.15) is 17.4 Å². The van der Waals surface area contributed by atoms with Gasteiger partial charge in [-0.25, -0.2) is 0 Å². The maximum absolute atomic E-state index is 12.6. The average molecular weight is 545 g/mol. The Morgan fingerprint density at radius 2 is 1.38 bits per heavy atom. The number of halogens is 1. The molecule has 205 valence electrons. The molecule has 0 atom stereocenters. The van der Waals surface area contributed by atoms with E-state index in [1.165, 1.54) is 64.2 Å². The Balaban J connectivity index is 1.31. The molecule has 1 amide bonds. The van der Waals surface area contributed by atoms with E-state index in [1.807, 2.05) is 73.7 Å². The minimum Gasteiger partial charge on any atom is -0.563 e. The molecule has 0 saturated heterocycles. The van der Waals surface area contributed by atoms with Crippen molar-refractivity contribution in [3.05, 3.63) is 83.9 Å². The number of hydrogen-bond acceptors (Lipinski definition) is 3. The van der Waals surface area contributed by atoms with Crippen molar-refractivity contribution in [2.45, 2.75) is 83.5 Å². The van der Waals surface area contributed by atoms with E-state index in [1.54, 1.807) is 4.90 Å². The summed E-state index contributed by atoms with van der Waals surface area (Å²) < 4.78 is 12.1. The Morgan fingerprint density at radius 3 is 1.97 bits per heavy atom. The normalized spacial score (nSPS) is 15.1. The highest BCUT2D eigenvalue weighted by molar-refractivity contribution is 6.30. The first-order valence-electron chi connectivity index (χ1n) is 14.4. The molecular formula is C33H40BClNO3. The fourth-order valence-corrected chi connectivity index (χ4v) is 5.28. The molecule has 4 rings (SSSR count). The molecule has 6 heteroatoms. The summed E-state index contributed by atoms with van der Waals surface area (Å²) in [5.74, 6) is 2.58. The van der Waals surface area contributed by atoms with Crippen molar-refractivity contribution in [3.63, 3.8) is 0 Å². The number of anilines is 1. The zero-order chi connectivity index (χ0) is 27.3.